The summed E-state index contributed by atoms with van der Waals surface area (Å²) >= 11 is 0. The van der Waals surface area contributed by atoms with Crippen molar-refractivity contribution in [3.05, 3.63) is 45.3 Å². The van der Waals surface area contributed by atoms with E-state index >= 15 is 0 Å². The van der Waals surface area contributed by atoms with Crippen LogP contribution in [0.25, 0.3) is 11.0 Å². The summed E-state index contributed by atoms with van der Waals surface area (Å²) in [5, 5.41) is 0.642. The molecule has 0 amide bonds. The molecule has 4 heteroatoms. The largest absolute Gasteiger partial charge is 0.461 e. The molecule has 2 N–H and O–H groups in total. The molecule has 0 atom stereocenters. The maximum Gasteiger partial charge on any atom is 0.192 e. The summed E-state index contributed by atoms with van der Waals surface area (Å²) < 4.78 is 5.64. The third-order valence-corrected chi connectivity index (χ3v) is 2.79. The normalized spacial score (nSPS) is 10.3. The summed E-state index contributed by atoms with van der Waals surface area (Å²) in [6.45, 7) is 4.48. The molecule has 0 aliphatic heterocycles. The van der Waals surface area contributed by atoms with Gasteiger partial charge in [-0.25, -0.2) is 0 Å². The van der Waals surface area contributed by atoms with Crippen molar-refractivity contribution in [2.45, 2.75) is 20.3 Å². The van der Waals surface area contributed by atoms with Gasteiger partial charge in [0.1, 0.15) is 11.3 Å². The highest BCUT2D eigenvalue weighted by Crippen LogP contribution is 2.17. The first-order chi connectivity index (χ1) is 7.61. The third-order valence-electron chi connectivity index (χ3n) is 2.79. The first-order valence-electron chi connectivity index (χ1n) is 5.36. The molecule has 1 aromatic carbocycles. The first kappa shape index (κ1) is 13.7. The van der Waals surface area contributed by atoms with Gasteiger partial charge in [0.2, 0.25) is 0 Å². The monoisotopic (exact) mass is 253 g/mol. The van der Waals surface area contributed by atoms with Gasteiger partial charge in [0, 0.05) is 12.5 Å². The SMILES string of the molecule is Cc1cc2oc(CCN)cc(=O)c2cc1C.Cl. The molecular weight excluding hydrogens is 238 g/mol. The van der Waals surface area contributed by atoms with Gasteiger partial charge in [0.15, 0.2) is 5.43 Å². The van der Waals surface area contributed by atoms with Crippen LogP contribution in [-0.4, -0.2) is 6.54 Å². The number of nitrogens with two attached hydrogens (primary N) is 1. The van der Waals surface area contributed by atoms with Crippen molar-refractivity contribution < 1.29 is 4.42 Å². The summed E-state index contributed by atoms with van der Waals surface area (Å²) in [6.07, 6.45) is 0.595. The van der Waals surface area contributed by atoms with Crippen LogP contribution in [0.3, 0.4) is 0 Å². The Labute approximate surface area is 106 Å². The first-order valence-corrected chi connectivity index (χ1v) is 5.36. The minimum absolute atomic E-state index is 0. The maximum absolute atomic E-state index is 11.8. The van der Waals surface area contributed by atoms with Gasteiger partial charge in [0.25, 0.3) is 0 Å². The van der Waals surface area contributed by atoms with Crippen LogP contribution in [0, 0.1) is 13.8 Å². The van der Waals surface area contributed by atoms with Crippen molar-refractivity contribution in [1.29, 1.82) is 0 Å². The zero-order chi connectivity index (χ0) is 11.7. The van der Waals surface area contributed by atoms with Crippen LogP contribution in [0.2, 0.25) is 0 Å². The lowest BCUT2D eigenvalue weighted by Crippen LogP contribution is -2.07. The molecule has 0 spiro atoms. The Hall–Kier alpha value is -1.32. The number of fused-ring (bicyclic) bond motifs is 1. The molecule has 2 aromatic rings. The molecule has 0 aliphatic carbocycles. The molecule has 0 unspecified atom stereocenters. The quantitative estimate of drug-likeness (QED) is 0.894. The second kappa shape index (κ2) is 5.34. The van der Waals surface area contributed by atoms with Gasteiger partial charge in [-0.3, -0.25) is 4.79 Å². The Morgan fingerprint density at radius 3 is 2.47 bits per heavy atom. The summed E-state index contributed by atoms with van der Waals surface area (Å²) in [5.41, 5.74) is 8.33. The topological polar surface area (TPSA) is 56.2 Å². The third kappa shape index (κ3) is 2.68. The van der Waals surface area contributed by atoms with Crippen LogP contribution in [0.5, 0.6) is 0 Å². The predicted octanol–water partition coefficient (Wildman–Crippen LogP) is 2.33. The van der Waals surface area contributed by atoms with Gasteiger partial charge >= 0.3 is 0 Å². The second-order valence-electron chi connectivity index (χ2n) is 4.05. The van der Waals surface area contributed by atoms with Gasteiger partial charge in [-0.2, -0.15) is 0 Å². The molecular formula is C13H16ClNO2. The fraction of sp³-hybridized carbons (Fsp3) is 0.308. The van der Waals surface area contributed by atoms with E-state index in [4.69, 9.17) is 10.2 Å². The molecule has 2 rings (SSSR count). The lowest BCUT2D eigenvalue weighted by Gasteiger charge is -2.04. The smallest absolute Gasteiger partial charge is 0.192 e. The Bertz CT molecular complexity index is 590. The number of aryl methyl sites for hydroxylation is 2. The molecule has 0 radical (unpaired) electrons. The molecule has 92 valence electrons. The molecule has 0 saturated carbocycles. The summed E-state index contributed by atoms with van der Waals surface area (Å²) in [7, 11) is 0. The van der Waals surface area contributed by atoms with E-state index in [1.165, 1.54) is 6.07 Å². The molecule has 17 heavy (non-hydrogen) atoms. The van der Waals surface area contributed by atoms with Gasteiger partial charge in [-0.1, -0.05) is 0 Å². The summed E-state index contributed by atoms with van der Waals surface area (Å²) in [4.78, 5) is 11.8. The van der Waals surface area contributed by atoms with Crippen LogP contribution >= 0.6 is 12.4 Å². The number of benzene rings is 1. The number of halogens is 1. The van der Waals surface area contributed by atoms with Crippen molar-refractivity contribution >= 4 is 23.4 Å². The van der Waals surface area contributed by atoms with E-state index in [1.807, 2.05) is 26.0 Å². The molecule has 0 fully saturated rings. The van der Waals surface area contributed by atoms with Crippen LogP contribution in [0.15, 0.2) is 27.4 Å². The lowest BCUT2D eigenvalue weighted by molar-refractivity contribution is 0.536. The Balaban J connectivity index is 0.00000144. The van der Waals surface area contributed by atoms with Gasteiger partial charge < -0.3 is 10.2 Å². The lowest BCUT2D eigenvalue weighted by atomic mass is 10.1. The van der Waals surface area contributed by atoms with Crippen molar-refractivity contribution in [1.82, 2.24) is 0 Å². The van der Waals surface area contributed by atoms with E-state index in [-0.39, 0.29) is 17.8 Å². The number of hydrogen-bond donors (Lipinski definition) is 1. The van der Waals surface area contributed by atoms with Gasteiger partial charge in [0.05, 0.1) is 5.39 Å². The second-order valence-corrected chi connectivity index (χ2v) is 4.05. The van der Waals surface area contributed by atoms with E-state index < -0.39 is 0 Å². The van der Waals surface area contributed by atoms with Crippen molar-refractivity contribution in [2.75, 3.05) is 6.54 Å². The van der Waals surface area contributed by atoms with E-state index in [1.54, 1.807) is 0 Å². The van der Waals surface area contributed by atoms with Crippen LogP contribution < -0.4 is 11.2 Å². The highest BCUT2D eigenvalue weighted by molar-refractivity contribution is 5.85. The molecule has 3 nitrogen and oxygen atoms in total. The summed E-state index contributed by atoms with van der Waals surface area (Å²) in [6, 6.07) is 5.32. The average Bonchev–Trinajstić information content (AvgIpc) is 2.22. The molecule has 1 aromatic heterocycles. The fourth-order valence-electron chi connectivity index (χ4n) is 1.73. The minimum Gasteiger partial charge on any atom is -0.461 e. The van der Waals surface area contributed by atoms with Crippen molar-refractivity contribution in [2.24, 2.45) is 5.73 Å². The van der Waals surface area contributed by atoms with E-state index in [9.17, 15) is 4.79 Å². The Morgan fingerprint density at radius 1 is 1.18 bits per heavy atom. The van der Waals surface area contributed by atoms with Crippen molar-refractivity contribution in [3.8, 4) is 0 Å². The van der Waals surface area contributed by atoms with E-state index in [2.05, 4.69) is 0 Å². The van der Waals surface area contributed by atoms with Crippen molar-refractivity contribution in [3.63, 3.8) is 0 Å². The highest BCUT2D eigenvalue weighted by atomic mass is 35.5. The standard InChI is InChI=1S/C13H15NO2.ClH/c1-8-5-11-12(15)7-10(3-4-14)16-13(11)6-9(8)2;/h5-7H,3-4,14H2,1-2H3;1H. The van der Waals surface area contributed by atoms with E-state index in [0.717, 1.165) is 11.1 Å². The minimum atomic E-state index is 0. The van der Waals surface area contributed by atoms with Crippen LogP contribution in [0.4, 0.5) is 0 Å². The zero-order valence-corrected chi connectivity index (χ0v) is 10.8. The predicted molar refractivity (Wildman–Crippen MR) is 72.0 cm³/mol. The zero-order valence-electron chi connectivity index (χ0n) is 9.95. The average molecular weight is 254 g/mol. The van der Waals surface area contributed by atoms with Gasteiger partial charge in [-0.15, -0.1) is 12.4 Å². The van der Waals surface area contributed by atoms with E-state index in [0.29, 0.717) is 29.7 Å². The molecule has 0 aliphatic rings. The Kier molecular flexibility index (Phi) is 4.32. The highest BCUT2D eigenvalue weighted by Gasteiger charge is 2.06. The number of hydrogen-bond acceptors (Lipinski definition) is 3. The Morgan fingerprint density at radius 2 is 1.82 bits per heavy atom. The maximum atomic E-state index is 11.8. The number of rotatable bonds is 2. The molecule has 0 bridgehead atoms. The van der Waals surface area contributed by atoms with Crippen LogP contribution in [0.1, 0.15) is 16.9 Å². The summed E-state index contributed by atoms with van der Waals surface area (Å²) in [5.74, 6) is 0.656. The fourth-order valence-corrected chi connectivity index (χ4v) is 1.73. The van der Waals surface area contributed by atoms with Gasteiger partial charge in [-0.05, 0) is 43.7 Å². The molecule has 1 heterocycles. The molecule has 0 saturated heterocycles. The van der Waals surface area contributed by atoms with Crippen LogP contribution in [-0.2, 0) is 6.42 Å².